The minimum Gasteiger partial charge on any atom is -0.318 e. The summed E-state index contributed by atoms with van der Waals surface area (Å²) in [5.41, 5.74) is 2.51. The van der Waals surface area contributed by atoms with E-state index in [0.29, 0.717) is 11.4 Å². The lowest BCUT2D eigenvalue weighted by Crippen LogP contribution is -2.11. The number of nitriles is 1. The molecule has 106 valence electrons. The summed E-state index contributed by atoms with van der Waals surface area (Å²) in [4.78, 5) is 5.89. The highest BCUT2D eigenvalue weighted by atomic mass is 35.5. The maximum Gasteiger partial charge on any atom is 0.125 e. The van der Waals surface area contributed by atoms with Gasteiger partial charge in [-0.1, -0.05) is 13.0 Å². The second kappa shape index (κ2) is 5.88. The van der Waals surface area contributed by atoms with E-state index in [2.05, 4.69) is 40.1 Å². The minimum atomic E-state index is 0.206. The molecule has 3 nitrogen and oxygen atoms in total. The standard InChI is InChI=1S/C16H14ClN3S/c1-2-13(15-4-3-7-21-15)20-14-8-11(10-18)5-6-12(14)19-16(20)9-17/h3-8,13H,2,9H2,1H3. The van der Waals surface area contributed by atoms with Crippen LogP contribution in [0.15, 0.2) is 35.7 Å². The van der Waals surface area contributed by atoms with Crippen molar-refractivity contribution in [3.63, 3.8) is 0 Å². The molecule has 3 aromatic rings. The van der Waals surface area contributed by atoms with Crippen molar-refractivity contribution >= 4 is 34.0 Å². The lowest BCUT2D eigenvalue weighted by Gasteiger charge is -2.18. The van der Waals surface area contributed by atoms with Gasteiger partial charge in [0, 0.05) is 4.88 Å². The van der Waals surface area contributed by atoms with Crippen LogP contribution in [0.4, 0.5) is 0 Å². The fraction of sp³-hybridized carbons (Fsp3) is 0.250. The highest BCUT2D eigenvalue weighted by Crippen LogP contribution is 2.32. The molecule has 1 unspecified atom stereocenters. The summed E-state index contributed by atoms with van der Waals surface area (Å²) in [5, 5.41) is 11.2. The summed E-state index contributed by atoms with van der Waals surface area (Å²) < 4.78 is 2.18. The molecule has 21 heavy (non-hydrogen) atoms. The first-order valence-corrected chi connectivity index (χ1v) is 8.20. The van der Waals surface area contributed by atoms with Crippen LogP contribution >= 0.6 is 22.9 Å². The van der Waals surface area contributed by atoms with Gasteiger partial charge in [0.1, 0.15) is 5.82 Å². The Hall–Kier alpha value is -1.83. The molecular weight excluding hydrogens is 302 g/mol. The first-order valence-electron chi connectivity index (χ1n) is 6.78. The van der Waals surface area contributed by atoms with Gasteiger partial charge >= 0.3 is 0 Å². The van der Waals surface area contributed by atoms with Crippen LogP contribution in [-0.4, -0.2) is 9.55 Å². The molecule has 0 fully saturated rings. The van der Waals surface area contributed by atoms with Gasteiger partial charge < -0.3 is 4.57 Å². The van der Waals surface area contributed by atoms with E-state index in [1.807, 2.05) is 12.1 Å². The van der Waals surface area contributed by atoms with Crippen molar-refractivity contribution in [3.05, 3.63) is 52.0 Å². The Morgan fingerprint density at radius 1 is 1.43 bits per heavy atom. The van der Waals surface area contributed by atoms with E-state index in [1.165, 1.54) is 4.88 Å². The Balaban J connectivity index is 2.26. The summed E-state index contributed by atoms with van der Waals surface area (Å²) in [6, 6.07) is 12.2. The van der Waals surface area contributed by atoms with Gasteiger partial charge in [-0.05, 0) is 36.1 Å². The molecule has 0 spiro atoms. The van der Waals surface area contributed by atoms with Crippen molar-refractivity contribution in [1.29, 1.82) is 5.26 Å². The molecular formula is C16H14ClN3S. The highest BCUT2D eigenvalue weighted by molar-refractivity contribution is 7.10. The number of fused-ring (bicyclic) bond motifs is 1. The molecule has 3 rings (SSSR count). The molecule has 0 bridgehead atoms. The number of hydrogen-bond acceptors (Lipinski definition) is 3. The number of nitrogens with zero attached hydrogens (tertiary/aromatic N) is 3. The van der Waals surface area contributed by atoms with Gasteiger partial charge in [0.2, 0.25) is 0 Å². The third-order valence-corrected chi connectivity index (χ3v) is 4.79. The molecule has 1 atom stereocenters. The molecule has 1 aromatic carbocycles. The lowest BCUT2D eigenvalue weighted by molar-refractivity contribution is 0.574. The van der Waals surface area contributed by atoms with Crippen LogP contribution in [-0.2, 0) is 5.88 Å². The molecule has 0 aliphatic carbocycles. The van der Waals surface area contributed by atoms with Crippen molar-refractivity contribution in [1.82, 2.24) is 9.55 Å². The number of aromatic nitrogens is 2. The van der Waals surface area contributed by atoms with Crippen LogP contribution in [0.3, 0.4) is 0 Å². The first kappa shape index (κ1) is 14.1. The summed E-state index contributed by atoms with van der Waals surface area (Å²) in [6.07, 6.45) is 0.951. The van der Waals surface area contributed by atoms with Crippen molar-refractivity contribution in [2.75, 3.05) is 0 Å². The SMILES string of the molecule is CCC(c1cccs1)n1c(CCl)nc2ccc(C#N)cc21. The van der Waals surface area contributed by atoms with Crippen molar-refractivity contribution in [2.45, 2.75) is 25.3 Å². The van der Waals surface area contributed by atoms with E-state index in [-0.39, 0.29) is 6.04 Å². The van der Waals surface area contributed by atoms with Crippen molar-refractivity contribution < 1.29 is 0 Å². The zero-order chi connectivity index (χ0) is 14.8. The quantitative estimate of drug-likeness (QED) is 0.654. The third-order valence-electron chi connectivity index (χ3n) is 3.58. The predicted molar refractivity (Wildman–Crippen MR) is 86.8 cm³/mol. The van der Waals surface area contributed by atoms with E-state index in [1.54, 1.807) is 17.4 Å². The number of halogens is 1. The smallest absolute Gasteiger partial charge is 0.125 e. The number of benzene rings is 1. The van der Waals surface area contributed by atoms with Gasteiger partial charge in [-0.25, -0.2) is 4.98 Å². The zero-order valence-corrected chi connectivity index (χ0v) is 13.2. The average Bonchev–Trinajstić information content (AvgIpc) is 3.16. The molecule has 0 N–H and O–H groups in total. The minimum absolute atomic E-state index is 0.206. The van der Waals surface area contributed by atoms with Gasteiger partial charge in [0.15, 0.2) is 0 Å². The molecule has 0 amide bonds. The van der Waals surface area contributed by atoms with Crippen LogP contribution in [0.5, 0.6) is 0 Å². The summed E-state index contributed by atoms with van der Waals surface area (Å²) in [6.45, 7) is 2.16. The highest BCUT2D eigenvalue weighted by Gasteiger charge is 2.20. The Morgan fingerprint density at radius 3 is 2.90 bits per heavy atom. The van der Waals surface area contributed by atoms with Gasteiger partial charge in [-0.15, -0.1) is 22.9 Å². The van der Waals surface area contributed by atoms with Crippen LogP contribution in [0, 0.1) is 11.3 Å². The fourth-order valence-electron chi connectivity index (χ4n) is 2.65. The topological polar surface area (TPSA) is 41.6 Å². The predicted octanol–water partition coefficient (Wildman–Crippen LogP) is 4.71. The van der Waals surface area contributed by atoms with Gasteiger partial charge in [0.25, 0.3) is 0 Å². The molecule has 0 radical (unpaired) electrons. The largest absolute Gasteiger partial charge is 0.318 e. The zero-order valence-electron chi connectivity index (χ0n) is 11.6. The maximum absolute atomic E-state index is 9.13. The van der Waals surface area contributed by atoms with Crippen molar-refractivity contribution in [2.24, 2.45) is 0 Å². The van der Waals surface area contributed by atoms with E-state index in [4.69, 9.17) is 16.9 Å². The van der Waals surface area contributed by atoms with E-state index in [0.717, 1.165) is 23.3 Å². The van der Waals surface area contributed by atoms with Gasteiger partial charge in [0.05, 0.1) is 34.6 Å². The molecule has 0 saturated heterocycles. The third kappa shape index (κ3) is 2.44. The van der Waals surface area contributed by atoms with E-state index < -0.39 is 0 Å². The second-order valence-electron chi connectivity index (χ2n) is 4.79. The molecule has 5 heteroatoms. The average molecular weight is 316 g/mol. The number of rotatable bonds is 4. The number of alkyl halides is 1. The summed E-state index contributed by atoms with van der Waals surface area (Å²) >= 11 is 7.83. The van der Waals surface area contributed by atoms with E-state index in [9.17, 15) is 0 Å². The molecule has 2 aromatic heterocycles. The summed E-state index contributed by atoms with van der Waals surface area (Å²) in [7, 11) is 0. The number of thiophene rings is 1. The second-order valence-corrected chi connectivity index (χ2v) is 6.03. The number of hydrogen-bond donors (Lipinski definition) is 0. The Labute approximate surface area is 132 Å². The fourth-order valence-corrected chi connectivity index (χ4v) is 3.74. The summed E-state index contributed by atoms with van der Waals surface area (Å²) in [5.74, 6) is 1.21. The van der Waals surface area contributed by atoms with Crippen LogP contribution < -0.4 is 0 Å². The maximum atomic E-state index is 9.13. The molecule has 2 heterocycles. The Bertz CT molecular complexity index is 799. The molecule has 0 aliphatic rings. The van der Waals surface area contributed by atoms with Crippen LogP contribution in [0.1, 0.15) is 35.7 Å². The van der Waals surface area contributed by atoms with Crippen molar-refractivity contribution in [3.8, 4) is 6.07 Å². The lowest BCUT2D eigenvalue weighted by atomic mass is 10.1. The number of imidazole rings is 1. The Morgan fingerprint density at radius 2 is 2.29 bits per heavy atom. The molecule has 0 saturated carbocycles. The monoisotopic (exact) mass is 315 g/mol. The van der Waals surface area contributed by atoms with Gasteiger partial charge in [-0.2, -0.15) is 5.26 Å². The van der Waals surface area contributed by atoms with Gasteiger partial charge in [-0.3, -0.25) is 0 Å². The van der Waals surface area contributed by atoms with E-state index >= 15 is 0 Å². The Kier molecular flexibility index (Phi) is 3.96. The first-order chi connectivity index (χ1) is 10.3. The molecule has 0 aliphatic heterocycles. The van der Waals surface area contributed by atoms with Crippen LogP contribution in [0.2, 0.25) is 0 Å². The normalized spacial score (nSPS) is 12.4. The van der Waals surface area contributed by atoms with Crippen LogP contribution in [0.25, 0.3) is 11.0 Å².